The van der Waals surface area contributed by atoms with Gasteiger partial charge in [0.15, 0.2) is 9.84 Å². The molecule has 12 heteroatoms. The van der Waals surface area contributed by atoms with Gasteiger partial charge in [-0.15, -0.1) is 0 Å². The number of carboxylic acids is 1. The molecule has 1 saturated heterocycles. The van der Waals surface area contributed by atoms with Crippen LogP contribution in [0, 0.1) is 5.92 Å². The fourth-order valence-electron chi connectivity index (χ4n) is 3.15. The number of piperidine rings is 1. The number of sulfone groups is 1. The summed E-state index contributed by atoms with van der Waals surface area (Å²) in [6, 6.07) is 9.86. The molecule has 1 fully saturated rings. The van der Waals surface area contributed by atoms with Gasteiger partial charge >= 0.3 is 12.1 Å². The van der Waals surface area contributed by atoms with Gasteiger partial charge in [-0.2, -0.15) is 13.2 Å². The number of rotatable bonds is 8. The molecule has 1 aromatic carbocycles. The van der Waals surface area contributed by atoms with Gasteiger partial charge in [0.25, 0.3) is 0 Å². The van der Waals surface area contributed by atoms with Crippen molar-refractivity contribution in [2.75, 3.05) is 18.8 Å². The predicted molar refractivity (Wildman–Crippen MR) is 106 cm³/mol. The molecule has 176 valence electrons. The van der Waals surface area contributed by atoms with E-state index in [1.54, 1.807) is 5.48 Å². The fourth-order valence-corrected chi connectivity index (χ4v) is 5.25. The summed E-state index contributed by atoms with van der Waals surface area (Å²) in [5.74, 6) is -4.27. The highest BCUT2D eigenvalue weighted by Gasteiger charge is 2.38. The van der Waals surface area contributed by atoms with Crippen molar-refractivity contribution in [2.24, 2.45) is 5.92 Å². The van der Waals surface area contributed by atoms with Gasteiger partial charge in [0, 0.05) is 0 Å². The zero-order valence-electron chi connectivity index (χ0n) is 16.8. The third kappa shape index (κ3) is 10.1. The smallest absolute Gasteiger partial charge is 0.475 e. The van der Waals surface area contributed by atoms with E-state index in [0.717, 1.165) is 12.0 Å². The number of hydroxylamine groups is 1. The van der Waals surface area contributed by atoms with Gasteiger partial charge in [0.05, 0.1) is 16.9 Å². The molecule has 1 aliphatic rings. The molecule has 0 spiro atoms. The topological polar surface area (TPSA) is 133 Å². The van der Waals surface area contributed by atoms with Crippen LogP contribution >= 0.6 is 0 Å². The van der Waals surface area contributed by atoms with E-state index < -0.39 is 33.8 Å². The predicted octanol–water partition coefficient (Wildman–Crippen LogP) is 1.93. The van der Waals surface area contributed by atoms with Gasteiger partial charge < -0.3 is 10.4 Å². The summed E-state index contributed by atoms with van der Waals surface area (Å²) in [7, 11) is -3.34. The lowest BCUT2D eigenvalue weighted by Crippen LogP contribution is -2.40. The van der Waals surface area contributed by atoms with E-state index in [9.17, 15) is 26.4 Å². The first kappa shape index (κ1) is 26.9. The molecule has 1 heterocycles. The minimum Gasteiger partial charge on any atom is -0.475 e. The number of amides is 1. The first-order valence-electron chi connectivity index (χ1n) is 9.67. The van der Waals surface area contributed by atoms with Crippen LogP contribution in [0.1, 0.15) is 31.2 Å². The highest BCUT2D eigenvalue weighted by atomic mass is 32.2. The van der Waals surface area contributed by atoms with E-state index >= 15 is 0 Å². The largest absolute Gasteiger partial charge is 0.490 e. The molecule has 1 unspecified atom stereocenters. The lowest BCUT2D eigenvalue weighted by molar-refractivity contribution is -0.192. The molecule has 1 aliphatic heterocycles. The highest BCUT2D eigenvalue weighted by Crippen LogP contribution is 2.20. The summed E-state index contributed by atoms with van der Waals surface area (Å²) in [6.07, 6.45) is -2.00. The van der Waals surface area contributed by atoms with Gasteiger partial charge in [-0.25, -0.2) is 18.7 Å². The number of carbonyl (C=O) groups is 2. The van der Waals surface area contributed by atoms with Gasteiger partial charge in [0.1, 0.15) is 0 Å². The van der Waals surface area contributed by atoms with Crippen LogP contribution in [0.25, 0.3) is 0 Å². The third-order valence-electron chi connectivity index (χ3n) is 4.81. The van der Waals surface area contributed by atoms with E-state index in [1.165, 1.54) is 0 Å². The van der Waals surface area contributed by atoms with Crippen LogP contribution in [-0.2, 0) is 25.8 Å². The standard InChI is InChI=1S/C17H26N2O4S.C2HF3O2/c20-17(19-21)15(8-4-7-14-5-2-1-3-6-14)13-24(22,23)16-9-11-18-12-10-16;3-2(4,5)1(6)7/h1-3,5-6,15-16,18,21H,4,7-13H2,(H,19,20);(H,6,7). The third-order valence-corrected chi connectivity index (χ3v) is 7.17. The second-order valence-corrected chi connectivity index (χ2v) is 9.46. The van der Waals surface area contributed by atoms with E-state index in [-0.39, 0.29) is 11.0 Å². The summed E-state index contributed by atoms with van der Waals surface area (Å²) in [4.78, 5) is 20.8. The number of hydrogen-bond acceptors (Lipinski definition) is 6. The van der Waals surface area contributed by atoms with E-state index in [1.807, 2.05) is 30.3 Å². The van der Waals surface area contributed by atoms with Crippen molar-refractivity contribution in [3.63, 3.8) is 0 Å². The van der Waals surface area contributed by atoms with Crippen molar-refractivity contribution in [1.82, 2.24) is 10.8 Å². The quantitative estimate of drug-likeness (QED) is 0.338. The maximum Gasteiger partial charge on any atom is 0.490 e. The first-order chi connectivity index (χ1) is 14.5. The lowest BCUT2D eigenvalue weighted by Gasteiger charge is -2.24. The van der Waals surface area contributed by atoms with Gasteiger partial charge in [-0.1, -0.05) is 30.3 Å². The van der Waals surface area contributed by atoms with Crippen molar-refractivity contribution < 1.29 is 41.5 Å². The molecule has 1 aromatic rings. The number of nitrogens with one attached hydrogen (secondary N) is 2. The zero-order chi connectivity index (χ0) is 23.5. The Morgan fingerprint density at radius 1 is 1.16 bits per heavy atom. The highest BCUT2D eigenvalue weighted by molar-refractivity contribution is 7.92. The molecule has 1 atom stereocenters. The van der Waals surface area contributed by atoms with E-state index in [4.69, 9.17) is 15.1 Å². The van der Waals surface area contributed by atoms with Crippen LogP contribution in [0.4, 0.5) is 13.2 Å². The summed E-state index contributed by atoms with van der Waals surface area (Å²) in [6.45, 7) is 1.38. The molecule has 0 aromatic heterocycles. The van der Waals surface area contributed by atoms with Crippen LogP contribution in [0.5, 0.6) is 0 Å². The van der Waals surface area contributed by atoms with E-state index in [2.05, 4.69) is 5.32 Å². The Morgan fingerprint density at radius 2 is 1.71 bits per heavy atom. The van der Waals surface area contributed by atoms with E-state index in [0.29, 0.717) is 38.8 Å². The zero-order valence-corrected chi connectivity index (χ0v) is 17.6. The number of aryl methyl sites for hydroxylation is 1. The Labute approximate surface area is 178 Å². The summed E-state index contributed by atoms with van der Waals surface area (Å²) >= 11 is 0. The minimum absolute atomic E-state index is 0.196. The molecule has 0 radical (unpaired) electrons. The molecule has 31 heavy (non-hydrogen) atoms. The Balaban J connectivity index is 0.000000592. The molecular formula is C19H27F3N2O6S. The van der Waals surface area contributed by atoms with Crippen molar-refractivity contribution in [1.29, 1.82) is 0 Å². The van der Waals surface area contributed by atoms with Crippen molar-refractivity contribution in [2.45, 2.75) is 43.5 Å². The van der Waals surface area contributed by atoms with Crippen molar-refractivity contribution in [3.8, 4) is 0 Å². The molecule has 0 aliphatic carbocycles. The molecule has 4 N–H and O–H groups in total. The number of aliphatic carboxylic acids is 1. The molecule has 2 rings (SSSR count). The molecule has 0 saturated carbocycles. The number of carboxylic acid groups (broad SMARTS) is 1. The first-order valence-corrected chi connectivity index (χ1v) is 11.4. The van der Waals surface area contributed by atoms with Crippen LogP contribution in [0.15, 0.2) is 30.3 Å². The van der Waals surface area contributed by atoms with Gasteiger partial charge in [-0.05, 0) is 50.8 Å². The Kier molecular flexibility index (Phi) is 10.9. The maximum atomic E-state index is 12.6. The van der Waals surface area contributed by atoms with Crippen LogP contribution in [0.3, 0.4) is 0 Å². The summed E-state index contributed by atoms with van der Waals surface area (Å²) in [5.41, 5.74) is 2.78. The number of carbonyl (C=O) groups excluding carboxylic acids is 1. The molecular weight excluding hydrogens is 441 g/mol. The maximum absolute atomic E-state index is 12.6. The molecule has 1 amide bonds. The van der Waals surface area contributed by atoms with Crippen LogP contribution in [0.2, 0.25) is 0 Å². The second kappa shape index (κ2) is 12.6. The second-order valence-electron chi connectivity index (χ2n) is 7.13. The molecule has 0 bridgehead atoms. The van der Waals surface area contributed by atoms with Gasteiger partial charge in [-0.3, -0.25) is 10.0 Å². The van der Waals surface area contributed by atoms with Crippen molar-refractivity contribution in [3.05, 3.63) is 35.9 Å². The summed E-state index contributed by atoms with van der Waals surface area (Å²) in [5, 5.41) is 18.8. The average molecular weight is 468 g/mol. The normalized spacial score (nSPS) is 16.0. The summed E-state index contributed by atoms with van der Waals surface area (Å²) < 4.78 is 56.9. The SMILES string of the molecule is O=C(NO)C(CCCc1ccccc1)CS(=O)(=O)C1CCNCC1.O=C(O)C(F)(F)F. The Morgan fingerprint density at radius 3 is 2.19 bits per heavy atom. The van der Waals surface area contributed by atoms with Crippen LogP contribution < -0.4 is 10.8 Å². The monoisotopic (exact) mass is 468 g/mol. The number of hydrogen-bond donors (Lipinski definition) is 4. The average Bonchev–Trinajstić information content (AvgIpc) is 2.73. The van der Waals surface area contributed by atoms with Crippen molar-refractivity contribution >= 4 is 21.7 Å². The minimum atomic E-state index is -5.08. The van der Waals surface area contributed by atoms with Gasteiger partial charge in [0.2, 0.25) is 5.91 Å². The number of benzene rings is 1. The number of alkyl halides is 3. The number of halogens is 3. The van der Waals surface area contributed by atoms with Crippen LogP contribution in [-0.4, -0.2) is 60.9 Å². The molecule has 8 nitrogen and oxygen atoms in total. The Bertz CT molecular complexity index is 797. The lowest BCUT2D eigenvalue weighted by atomic mass is 10.0. The Hall–Kier alpha value is -2.18. The fraction of sp³-hybridized carbons (Fsp3) is 0.579.